The van der Waals surface area contributed by atoms with Crippen molar-refractivity contribution in [3.63, 3.8) is 0 Å². The van der Waals surface area contributed by atoms with Crippen LogP contribution < -0.4 is 15.0 Å². The number of halogens is 1. The molecule has 2 rings (SSSR count). The standard InChI is InChI=1S/C16H19ClN2O3/c1-19(10-12-8-13(17)5-6-15(12)21-2)11-16(20)18-9-14-4-3-7-22-14/h3-8H,9-11H2,1-2H3,(H,18,20)/p+1. The summed E-state index contributed by atoms with van der Waals surface area (Å²) in [6.07, 6.45) is 1.59. The van der Waals surface area contributed by atoms with E-state index >= 15 is 0 Å². The summed E-state index contributed by atoms with van der Waals surface area (Å²) in [5, 5.41) is 3.49. The third-order valence-corrected chi connectivity index (χ3v) is 3.47. The lowest BCUT2D eigenvalue weighted by atomic mass is 10.2. The van der Waals surface area contributed by atoms with Crippen LogP contribution in [0.4, 0.5) is 0 Å². The van der Waals surface area contributed by atoms with Gasteiger partial charge < -0.3 is 19.4 Å². The minimum Gasteiger partial charge on any atom is -0.496 e. The number of likely N-dealkylation sites (N-methyl/N-ethyl adjacent to an activating group) is 1. The van der Waals surface area contributed by atoms with Crippen LogP contribution in [0.2, 0.25) is 5.02 Å². The molecule has 0 saturated carbocycles. The minimum atomic E-state index is -0.0325. The first-order valence-corrected chi connectivity index (χ1v) is 7.39. The van der Waals surface area contributed by atoms with Crippen LogP contribution in [0.3, 0.4) is 0 Å². The predicted octanol–water partition coefficient (Wildman–Crippen LogP) is 1.27. The van der Waals surface area contributed by atoms with Crippen molar-refractivity contribution >= 4 is 17.5 Å². The van der Waals surface area contributed by atoms with Gasteiger partial charge in [0.1, 0.15) is 18.1 Å². The predicted molar refractivity (Wildman–Crippen MR) is 84.0 cm³/mol. The van der Waals surface area contributed by atoms with Gasteiger partial charge in [0.2, 0.25) is 0 Å². The van der Waals surface area contributed by atoms with E-state index in [4.69, 9.17) is 20.8 Å². The molecule has 1 aromatic carbocycles. The van der Waals surface area contributed by atoms with Crippen LogP contribution in [0, 0.1) is 0 Å². The Hall–Kier alpha value is -1.98. The first-order valence-electron chi connectivity index (χ1n) is 7.01. The van der Waals surface area contributed by atoms with Gasteiger partial charge in [0.05, 0.1) is 27.0 Å². The number of carbonyl (C=O) groups is 1. The number of hydrogen-bond donors (Lipinski definition) is 2. The van der Waals surface area contributed by atoms with Gasteiger partial charge in [-0.05, 0) is 30.3 Å². The van der Waals surface area contributed by atoms with Gasteiger partial charge in [-0.3, -0.25) is 4.79 Å². The number of amides is 1. The first kappa shape index (κ1) is 16.4. The Balaban J connectivity index is 1.85. The molecule has 5 nitrogen and oxygen atoms in total. The quantitative estimate of drug-likeness (QED) is 0.807. The second-order valence-corrected chi connectivity index (χ2v) is 5.56. The maximum absolute atomic E-state index is 11.9. The van der Waals surface area contributed by atoms with Crippen molar-refractivity contribution in [1.29, 1.82) is 0 Å². The third-order valence-electron chi connectivity index (χ3n) is 3.24. The summed E-state index contributed by atoms with van der Waals surface area (Å²) < 4.78 is 10.5. The number of hydrogen-bond acceptors (Lipinski definition) is 3. The Bertz CT molecular complexity index is 614. The molecule has 118 valence electrons. The van der Waals surface area contributed by atoms with Gasteiger partial charge in [-0.1, -0.05) is 11.6 Å². The maximum Gasteiger partial charge on any atom is 0.275 e. The van der Waals surface area contributed by atoms with E-state index < -0.39 is 0 Å². The molecule has 0 bridgehead atoms. The summed E-state index contributed by atoms with van der Waals surface area (Å²) in [7, 11) is 3.57. The molecular weight excluding hydrogens is 304 g/mol. The van der Waals surface area contributed by atoms with E-state index in [0.717, 1.165) is 22.0 Å². The monoisotopic (exact) mass is 323 g/mol. The van der Waals surface area contributed by atoms with Crippen LogP contribution in [-0.2, 0) is 17.9 Å². The van der Waals surface area contributed by atoms with E-state index in [1.165, 1.54) is 0 Å². The highest BCUT2D eigenvalue weighted by atomic mass is 35.5. The zero-order chi connectivity index (χ0) is 15.9. The van der Waals surface area contributed by atoms with Crippen LogP contribution in [0.15, 0.2) is 41.0 Å². The molecule has 0 saturated heterocycles. The summed E-state index contributed by atoms with van der Waals surface area (Å²) in [5.41, 5.74) is 0.978. The average Bonchev–Trinajstić information content (AvgIpc) is 2.98. The second kappa shape index (κ2) is 7.87. The van der Waals surface area contributed by atoms with E-state index in [0.29, 0.717) is 24.7 Å². The number of ether oxygens (including phenoxy) is 1. The Morgan fingerprint density at radius 1 is 1.41 bits per heavy atom. The first-order chi connectivity index (χ1) is 10.6. The zero-order valence-electron chi connectivity index (χ0n) is 12.7. The smallest absolute Gasteiger partial charge is 0.275 e. The molecule has 1 amide bonds. The molecule has 0 spiro atoms. The summed E-state index contributed by atoms with van der Waals surface area (Å²) in [4.78, 5) is 13.0. The molecule has 0 aliphatic heterocycles. The molecular formula is C16H20ClN2O3+. The van der Waals surface area contributed by atoms with Crippen molar-refractivity contribution < 1.29 is 18.8 Å². The minimum absolute atomic E-state index is 0.0325. The molecule has 22 heavy (non-hydrogen) atoms. The fraction of sp³-hybridized carbons (Fsp3) is 0.312. The molecule has 1 aromatic heterocycles. The van der Waals surface area contributed by atoms with Crippen molar-refractivity contribution in [2.24, 2.45) is 0 Å². The molecule has 0 radical (unpaired) electrons. The lowest BCUT2D eigenvalue weighted by Gasteiger charge is -2.15. The average molecular weight is 324 g/mol. The molecule has 1 heterocycles. The summed E-state index contributed by atoms with van der Waals surface area (Å²) in [6.45, 7) is 1.41. The van der Waals surface area contributed by atoms with E-state index in [-0.39, 0.29) is 5.91 Å². The lowest BCUT2D eigenvalue weighted by molar-refractivity contribution is -0.885. The van der Waals surface area contributed by atoms with Gasteiger partial charge in [-0.2, -0.15) is 0 Å². The molecule has 0 aliphatic carbocycles. The SMILES string of the molecule is COc1ccc(Cl)cc1C[NH+](C)CC(=O)NCc1ccco1. The molecule has 6 heteroatoms. The zero-order valence-corrected chi connectivity index (χ0v) is 13.4. The molecule has 2 N–H and O–H groups in total. The molecule has 1 atom stereocenters. The Morgan fingerprint density at radius 3 is 2.91 bits per heavy atom. The van der Waals surface area contributed by atoms with Crippen molar-refractivity contribution in [2.75, 3.05) is 20.7 Å². The van der Waals surface area contributed by atoms with Gasteiger partial charge in [0.15, 0.2) is 6.54 Å². The highest BCUT2D eigenvalue weighted by Gasteiger charge is 2.14. The summed E-state index contributed by atoms with van der Waals surface area (Å²) in [5.74, 6) is 1.48. The van der Waals surface area contributed by atoms with Crippen LogP contribution in [0.25, 0.3) is 0 Å². The molecule has 0 aliphatic rings. The van der Waals surface area contributed by atoms with E-state index in [2.05, 4.69) is 5.32 Å². The fourth-order valence-corrected chi connectivity index (χ4v) is 2.40. The van der Waals surface area contributed by atoms with Crippen LogP contribution >= 0.6 is 11.6 Å². The van der Waals surface area contributed by atoms with Gasteiger partial charge in [-0.25, -0.2) is 0 Å². The van der Waals surface area contributed by atoms with Gasteiger partial charge in [0, 0.05) is 10.6 Å². The number of methoxy groups -OCH3 is 1. The number of carbonyl (C=O) groups excluding carboxylic acids is 1. The maximum atomic E-state index is 11.9. The summed E-state index contributed by atoms with van der Waals surface area (Å²) in [6, 6.07) is 9.11. The van der Waals surface area contributed by atoms with E-state index in [1.807, 2.05) is 25.2 Å². The topological polar surface area (TPSA) is 55.9 Å². The number of rotatable bonds is 7. The van der Waals surface area contributed by atoms with Crippen LogP contribution in [0.5, 0.6) is 5.75 Å². The van der Waals surface area contributed by atoms with Gasteiger partial charge in [0.25, 0.3) is 5.91 Å². The number of quaternary nitrogens is 1. The second-order valence-electron chi connectivity index (χ2n) is 5.12. The fourth-order valence-electron chi connectivity index (χ4n) is 2.21. The van der Waals surface area contributed by atoms with Gasteiger partial charge in [-0.15, -0.1) is 0 Å². The van der Waals surface area contributed by atoms with Gasteiger partial charge >= 0.3 is 0 Å². The Morgan fingerprint density at radius 2 is 2.23 bits per heavy atom. The molecule has 1 unspecified atom stereocenters. The molecule has 0 fully saturated rings. The van der Waals surface area contributed by atoms with E-state index in [1.54, 1.807) is 25.5 Å². The van der Waals surface area contributed by atoms with Crippen LogP contribution in [0.1, 0.15) is 11.3 Å². The van der Waals surface area contributed by atoms with Crippen molar-refractivity contribution in [1.82, 2.24) is 5.32 Å². The summed E-state index contributed by atoms with van der Waals surface area (Å²) >= 11 is 6.02. The Kier molecular flexibility index (Phi) is 5.86. The largest absolute Gasteiger partial charge is 0.496 e. The highest BCUT2D eigenvalue weighted by molar-refractivity contribution is 6.30. The van der Waals surface area contributed by atoms with Crippen molar-refractivity contribution in [2.45, 2.75) is 13.1 Å². The third kappa shape index (κ3) is 4.79. The number of furan rings is 1. The van der Waals surface area contributed by atoms with E-state index in [9.17, 15) is 4.79 Å². The van der Waals surface area contributed by atoms with Crippen molar-refractivity contribution in [3.05, 3.63) is 52.9 Å². The number of benzene rings is 1. The Labute approximate surface area is 134 Å². The molecule has 2 aromatic rings. The van der Waals surface area contributed by atoms with Crippen molar-refractivity contribution in [3.8, 4) is 5.75 Å². The van der Waals surface area contributed by atoms with Crippen LogP contribution in [-0.4, -0.2) is 26.6 Å². The normalized spacial score (nSPS) is 12.0. The highest BCUT2D eigenvalue weighted by Crippen LogP contribution is 2.21. The lowest BCUT2D eigenvalue weighted by Crippen LogP contribution is -3.08. The number of nitrogens with one attached hydrogen (secondary N) is 2.